The van der Waals surface area contributed by atoms with E-state index in [2.05, 4.69) is 50.4 Å². The van der Waals surface area contributed by atoms with Crippen molar-refractivity contribution in [2.45, 2.75) is 20.4 Å². The number of aryl methyl sites for hydroxylation is 1. The summed E-state index contributed by atoms with van der Waals surface area (Å²) in [6.07, 6.45) is 0. The molecule has 0 fully saturated rings. The monoisotopic (exact) mass is 344 g/mol. The second-order valence-electron chi connectivity index (χ2n) is 5.08. The Kier molecular flexibility index (Phi) is 3.68. The molecule has 2 heterocycles. The summed E-state index contributed by atoms with van der Waals surface area (Å²) in [4.78, 5) is 4.68. The third-order valence-corrected chi connectivity index (χ3v) is 4.80. The number of pyridine rings is 1. The van der Waals surface area contributed by atoms with Gasteiger partial charge in [0, 0.05) is 18.0 Å². The number of hydrogen-bond donors (Lipinski definition) is 1. The maximum Gasteiger partial charge on any atom is 0.131 e. The van der Waals surface area contributed by atoms with Gasteiger partial charge in [-0.2, -0.15) is 5.10 Å². The summed E-state index contributed by atoms with van der Waals surface area (Å²) in [5, 5.41) is 8.91. The van der Waals surface area contributed by atoms with Crippen LogP contribution in [0.25, 0.3) is 10.9 Å². The third kappa shape index (κ3) is 2.53. The van der Waals surface area contributed by atoms with Crippen LogP contribution in [0.5, 0.6) is 0 Å². The molecule has 0 bridgehead atoms. The van der Waals surface area contributed by atoms with Gasteiger partial charge in [-0.25, -0.2) is 4.98 Å². The summed E-state index contributed by atoms with van der Waals surface area (Å²) in [5.74, 6) is 0.900. The van der Waals surface area contributed by atoms with E-state index >= 15 is 0 Å². The van der Waals surface area contributed by atoms with Crippen molar-refractivity contribution >= 4 is 32.7 Å². The fraction of sp³-hybridized carbons (Fsp3) is 0.250. The minimum absolute atomic E-state index is 0.701. The molecule has 21 heavy (non-hydrogen) atoms. The zero-order valence-corrected chi connectivity index (χ0v) is 13.9. The zero-order valence-electron chi connectivity index (χ0n) is 12.3. The molecule has 3 rings (SSSR count). The maximum atomic E-state index is 4.68. The van der Waals surface area contributed by atoms with Gasteiger partial charge in [-0.1, -0.05) is 18.2 Å². The molecule has 0 aliphatic carbocycles. The number of anilines is 1. The molecule has 108 valence electrons. The molecule has 2 aromatic heterocycles. The molecule has 0 amide bonds. The van der Waals surface area contributed by atoms with Gasteiger partial charge in [-0.15, -0.1) is 0 Å². The van der Waals surface area contributed by atoms with E-state index in [1.807, 2.05) is 36.9 Å². The molecular weight excluding hydrogens is 328 g/mol. The minimum Gasteiger partial charge on any atom is -0.373 e. The van der Waals surface area contributed by atoms with Crippen LogP contribution in [0.4, 0.5) is 5.82 Å². The topological polar surface area (TPSA) is 42.7 Å². The second-order valence-corrected chi connectivity index (χ2v) is 5.87. The molecule has 0 spiro atoms. The van der Waals surface area contributed by atoms with E-state index in [0.29, 0.717) is 6.54 Å². The molecule has 3 aromatic rings. The molecule has 0 saturated heterocycles. The predicted molar refractivity (Wildman–Crippen MR) is 89.8 cm³/mol. The van der Waals surface area contributed by atoms with Crippen molar-refractivity contribution in [1.82, 2.24) is 14.8 Å². The van der Waals surface area contributed by atoms with Crippen LogP contribution in [-0.2, 0) is 6.54 Å². The van der Waals surface area contributed by atoms with E-state index < -0.39 is 0 Å². The van der Waals surface area contributed by atoms with Crippen molar-refractivity contribution in [1.29, 1.82) is 0 Å². The Hall–Kier alpha value is -1.88. The van der Waals surface area contributed by atoms with Crippen LogP contribution in [0, 0.1) is 13.8 Å². The molecule has 5 heteroatoms. The van der Waals surface area contributed by atoms with Crippen LogP contribution in [-0.4, -0.2) is 21.8 Å². The van der Waals surface area contributed by atoms with Crippen molar-refractivity contribution in [3.63, 3.8) is 0 Å². The average Bonchev–Trinajstić information content (AvgIpc) is 2.74. The predicted octanol–water partition coefficient (Wildman–Crippen LogP) is 3.90. The van der Waals surface area contributed by atoms with E-state index in [4.69, 9.17) is 0 Å². The van der Waals surface area contributed by atoms with Gasteiger partial charge in [-0.3, -0.25) is 4.68 Å². The standard InChI is InChI=1S/C16H17BrN4/c1-10-15(17)11(2)21(20-10)9-13-8-12-6-4-5-7-14(12)19-16(13)18-3/h4-8H,9H2,1-3H3,(H,18,19). The van der Waals surface area contributed by atoms with Crippen molar-refractivity contribution in [3.8, 4) is 0 Å². The van der Waals surface area contributed by atoms with Gasteiger partial charge < -0.3 is 5.32 Å². The van der Waals surface area contributed by atoms with Crippen LogP contribution in [0.3, 0.4) is 0 Å². The van der Waals surface area contributed by atoms with E-state index in [0.717, 1.165) is 38.1 Å². The van der Waals surface area contributed by atoms with E-state index in [-0.39, 0.29) is 0 Å². The number of aromatic nitrogens is 3. The molecule has 0 aliphatic heterocycles. The summed E-state index contributed by atoms with van der Waals surface area (Å²) >= 11 is 3.57. The molecular formula is C16H17BrN4. The van der Waals surface area contributed by atoms with Crippen LogP contribution in [0.1, 0.15) is 17.0 Å². The number of halogens is 1. The molecule has 1 N–H and O–H groups in total. The Bertz CT molecular complexity index is 807. The first-order valence-electron chi connectivity index (χ1n) is 6.86. The fourth-order valence-corrected chi connectivity index (χ4v) is 2.77. The Morgan fingerprint density at radius 3 is 2.67 bits per heavy atom. The summed E-state index contributed by atoms with van der Waals surface area (Å²) < 4.78 is 3.08. The Balaban J connectivity index is 2.08. The number of nitrogens with zero attached hydrogens (tertiary/aromatic N) is 3. The van der Waals surface area contributed by atoms with Crippen LogP contribution < -0.4 is 5.32 Å². The molecule has 0 radical (unpaired) electrons. The normalized spacial score (nSPS) is 11.0. The molecule has 0 unspecified atom stereocenters. The molecule has 1 aromatic carbocycles. The Morgan fingerprint density at radius 1 is 1.24 bits per heavy atom. The van der Waals surface area contributed by atoms with Gasteiger partial charge in [0.15, 0.2) is 0 Å². The first-order chi connectivity index (χ1) is 10.1. The lowest BCUT2D eigenvalue weighted by atomic mass is 10.1. The summed E-state index contributed by atoms with van der Waals surface area (Å²) in [6, 6.07) is 10.3. The highest BCUT2D eigenvalue weighted by molar-refractivity contribution is 9.10. The molecule has 0 atom stereocenters. The van der Waals surface area contributed by atoms with Crippen LogP contribution in [0.15, 0.2) is 34.8 Å². The first kappa shape index (κ1) is 14.1. The highest BCUT2D eigenvalue weighted by Gasteiger charge is 2.12. The van der Waals surface area contributed by atoms with E-state index in [9.17, 15) is 0 Å². The van der Waals surface area contributed by atoms with Gasteiger partial charge in [0.2, 0.25) is 0 Å². The van der Waals surface area contributed by atoms with Gasteiger partial charge in [0.1, 0.15) is 5.82 Å². The van der Waals surface area contributed by atoms with Gasteiger partial charge in [0.25, 0.3) is 0 Å². The van der Waals surface area contributed by atoms with E-state index in [1.165, 1.54) is 0 Å². The Labute approximate surface area is 132 Å². The van der Waals surface area contributed by atoms with E-state index in [1.54, 1.807) is 0 Å². The molecule has 0 saturated carbocycles. The number of rotatable bonds is 3. The number of hydrogen-bond acceptors (Lipinski definition) is 3. The van der Waals surface area contributed by atoms with Gasteiger partial charge >= 0.3 is 0 Å². The molecule has 0 aliphatic rings. The summed E-state index contributed by atoms with van der Waals surface area (Å²) in [7, 11) is 1.90. The average molecular weight is 345 g/mol. The first-order valence-corrected chi connectivity index (χ1v) is 7.65. The van der Waals surface area contributed by atoms with Gasteiger partial charge in [0.05, 0.1) is 27.9 Å². The summed E-state index contributed by atoms with van der Waals surface area (Å²) in [5.41, 5.74) is 4.27. The highest BCUT2D eigenvalue weighted by atomic mass is 79.9. The number of para-hydroxylation sites is 1. The number of benzene rings is 1. The quantitative estimate of drug-likeness (QED) is 0.783. The summed E-state index contributed by atoms with van der Waals surface area (Å²) in [6.45, 7) is 4.77. The van der Waals surface area contributed by atoms with Crippen molar-refractivity contribution < 1.29 is 0 Å². The largest absolute Gasteiger partial charge is 0.373 e. The number of fused-ring (bicyclic) bond motifs is 1. The van der Waals surface area contributed by atoms with Crippen molar-refractivity contribution in [3.05, 3.63) is 51.8 Å². The maximum absolute atomic E-state index is 4.68. The fourth-order valence-electron chi connectivity index (χ4n) is 2.49. The minimum atomic E-state index is 0.701. The van der Waals surface area contributed by atoms with Gasteiger partial charge in [-0.05, 0) is 41.9 Å². The van der Waals surface area contributed by atoms with Crippen molar-refractivity contribution in [2.75, 3.05) is 12.4 Å². The lowest BCUT2D eigenvalue weighted by molar-refractivity contribution is 0.659. The smallest absolute Gasteiger partial charge is 0.131 e. The van der Waals surface area contributed by atoms with Crippen LogP contribution >= 0.6 is 15.9 Å². The third-order valence-electron chi connectivity index (χ3n) is 3.65. The second kappa shape index (κ2) is 5.48. The highest BCUT2D eigenvalue weighted by Crippen LogP contribution is 2.24. The lowest BCUT2D eigenvalue weighted by Gasteiger charge is -2.11. The molecule has 4 nitrogen and oxygen atoms in total. The lowest BCUT2D eigenvalue weighted by Crippen LogP contribution is -2.08. The van der Waals surface area contributed by atoms with Crippen LogP contribution in [0.2, 0.25) is 0 Å². The number of nitrogens with one attached hydrogen (secondary N) is 1. The van der Waals surface area contributed by atoms with Crippen molar-refractivity contribution in [2.24, 2.45) is 0 Å². The SMILES string of the molecule is CNc1nc2ccccc2cc1Cn1nc(C)c(Br)c1C. The Morgan fingerprint density at radius 2 is 2.00 bits per heavy atom. The zero-order chi connectivity index (χ0) is 15.0.